The number of carbonyl (C=O) groups is 1. The van der Waals surface area contributed by atoms with Crippen molar-refractivity contribution in [1.29, 1.82) is 0 Å². The quantitative estimate of drug-likeness (QED) is 0.761. The molecule has 0 saturated carbocycles. The monoisotopic (exact) mass is 248 g/mol. The second kappa shape index (κ2) is 3.83. The molecule has 1 heterocycles. The number of carboxylic acid groups (broad SMARTS) is 1. The highest BCUT2D eigenvalue weighted by Crippen LogP contribution is 2.49. The van der Waals surface area contributed by atoms with Gasteiger partial charge in [-0.3, -0.25) is 4.79 Å². The highest BCUT2D eigenvalue weighted by atomic mass is 19.4. The smallest absolute Gasteiger partial charge is 0.390 e. The fraction of sp³-hybridized carbons (Fsp3) is 0.875. The Hall–Kier alpha value is -0.920. The van der Waals surface area contributed by atoms with E-state index in [-0.39, 0.29) is 0 Å². The standard InChI is InChI=1S/C8H9F5O3/c9-7(10)1-2-16-4-6(7,5(14)15)3-8(11,12)13/h1-4H2,(H,14,15). The molecule has 94 valence electrons. The van der Waals surface area contributed by atoms with Gasteiger partial charge in [-0.15, -0.1) is 0 Å². The van der Waals surface area contributed by atoms with E-state index in [2.05, 4.69) is 4.74 Å². The van der Waals surface area contributed by atoms with Crippen molar-refractivity contribution in [1.82, 2.24) is 0 Å². The van der Waals surface area contributed by atoms with E-state index in [0.29, 0.717) is 0 Å². The van der Waals surface area contributed by atoms with Crippen molar-refractivity contribution in [3.05, 3.63) is 0 Å². The minimum absolute atomic E-state index is 0.445. The predicted molar refractivity (Wildman–Crippen MR) is 41.1 cm³/mol. The molecule has 0 aromatic heterocycles. The molecular formula is C8H9F5O3. The number of rotatable bonds is 2. The largest absolute Gasteiger partial charge is 0.481 e. The van der Waals surface area contributed by atoms with Gasteiger partial charge in [0.25, 0.3) is 5.92 Å². The number of alkyl halides is 5. The van der Waals surface area contributed by atoms with Gasteiger partial charge in [0.15, 0.2) is 5.41 Å². The SMILES string of the molecule is O=C(O)C1(CC(F)(F)F)COCCC1(F)F. The van der Waals surface area contributed by atoms with Crippen molar-refractivity contribution in [2.24, 2.45) is 5.41 Å². The van der Waals surface area contributed by atoms with Gasteiger partial charge in [0.2, 0.25) is 0 Å². The molecule has 0 radical (unpaired) electrons. The van der Waals surface area contributed by atoms with Crippen molar-refractivity contribution in [2.75, 3.05) is 13.2 Å². The third-order valence-corrected chi connectivity index (χ3v) is 2.52. The topological polar surface area (TPSA) is 46.5 Å². The number of halogens is 5. The molecule has 0 aromatic carbocycles. The Morgan fingerprint density at radius 1 is 1.38 bits per heavy atom. The van der Waals surface area contributed by atoms with Gasteiger partial charge in [-0.25, -0.2) is 8.78 Å². The van der Waals surface area contributed by atoms with Gasteiger partial charge >= 0.3 is 12.1 Å². The predicted octanol–water partition coefficient (Wildman–Crippen LogP) is 2.07. The number of hydrogen-bond acceptors (Lipinski definition) is 2. The second-order valence-electron chi connectivity index (χ2n) is 3.69. The Balaban J connectivity index is 3.08. The van der Waals surface area contributed by atoms with Gasteiger partial charge in [0.1, 0.15) is 0 Å². The van der Waals surface area contributed by atoms with E-state index in [1.54, 1.807) is 0 Å². The van der Waals surface area contributed by atoms with Crippen LogP contribution >= 0.6 is 0 Å². The molecule has 1 saturated heterocycles. The Morgan fingerprint density at radius 2 is 1.94 bits per heavy atom. The van der Waals surface area contributed by atoms with Crippen LogP contribution in [0.2, 0.25) is 0 Å². The van der Waals surface area contributed by atoms with Crippen LogP contribution in [-0.2, 0) is 9.53 Å². The minimum atomic E-state index is -4.98. The summed E-state index contributed by atoms with van der Waals surface area (Å²) in [6.45, 7) is -1.57. The Labute approximate surface area is 87.2 Å². The molecule has 1 fully saturated rings. The molecule has 16 heavy (non-hydrogen) atoms. The molecule has 8 heteroatoms. The van der Waals surface area contributed by atoms with E-state index in [9.17, 15) is 26.7 Å². The fourth-order valence-electron chi connectivity index (χ4n) is 1.61. The average Bonchev–Trinajstić information content (AvgIpc) is 2.06. The molecule has 0 bridgehead atoms. The number of carboxylic acids is 1. The van der Waals surface area contributed by atoms with Crippen LogP contribution < -0.4 is 0 Å². The summed E-state index contributed by atoms with van der Waals surface area (Å²) in [5.41, 5.74) is -3.20. The first-order valence-electron chi connectivity index (χ1n) is 4.36. The molecule has 3 nitrogen and oxygen atoms in total. The summed E-state index contributed by atoms with van der Waals surface area (Å²) in [6.07, 6.45) is -8.10. The summed E-state index contributed by atoms with van der Waals surface area (Å²) in [4.78, 5) is 10.7. The van der Waals surface area contributed by atoms with Crippen LogP contribution in [0.1, 0.15) is 12.8 Å². The van der Waals surface area contributed by atoms with Gasteiger partial charge in [-0.2, -0.15) is 13.2 Å². The van der Waals surface area contributed by atoms with Gasteiger partial charge < -0.3 is 9.84 Å². The van der Waals surface area contributed by atoms with Crippen molar-refractivity contribution >= 4 is 5.97 Å². The Kier molecular flexibility index (Phi) is 3.15. The fourth-order valence-corrected chi connectivity index (χ4v) is 1.61. The first-order chi connectivity index (χ1) is 7.11. The van der Waals surface area contributed by atoms with Crippen LogP contribution in [-0.4, -0.2) is 36.4 Å². The van der Waals surface area contributed by atoms with Gasteiger partial charge in [0.05, 0.1) is 19.6 Å². The first-order valence-corrected chi connectivity index (χ1v) is 4.36. The van der Waals surface area contributed by atoms with Crippen LogP contribution in [0.3, 0.4) is 0 Å². The van der Waals surface area contributed by atoms with Crippen LogP contribution in [0.15, 0.2) is 0 Å². The molecule has 1 unspecified atom stereocenters. The van der Waals surface area contributed by atoms with Crippen LogP contribution in [0.25, 0.3) is 0 Å². The summed E-state index contributed by atoms with van der Waals surface area (Å²) in [5.74, 6) is -6.11. The van der Waals surface area contributed by atoms with Crippen molar-refractivity contribution in [3.63, 3.8) is 0 Å². The molecular weight excluding hydrogens is 239 g/mol. The van der Waals surface area contributed by atoms with Gasteiger partial charge in [-0.05, 0) is 0 Å². The second-order valence-corrected chi connectivity index (χ2v) is 3.69. The van der Waals surface area contributed by atoms with Crippen molar-refractivity contribution in [3.8, 4) is 0 Å². The van der Waals surface area contributed by atoms with E-state index >= 15 is 0 Å². The summed E-state index contributed by atoms with van der Waals surface area (Å²) < 4.78 is 67.6. The van der Waals surface area contributed by atoms with Crippen LogP contribution in [0, 0.1) is 5.41 Å². The maximum absolute atomic E-state index is 13.3. The lowest BCUT2D eigenvalue weighted by molar-refractivity contribution is -0.252. The van der Waals surface area contributed by atoms with Gasteiger partial charge in [-0.1, -0.05) is 0 Å². The lowest BCUT2D eigenvalue weighted by Crippen LogP contribution is -2.56. The van der Waals surface area contributed by atoms with E-state index in [4.69, 9.17) is 5.11 Å². The average molecular weight is 248 g/mol. The summed E-state index contributed by atoms with van der Waals surface area (Å²) in [6, 6.07) is 0. The number of hydrogen-bond donors (Lipinski definition) is 1. The molecule has 0 amide bonds. The number of aliphatic carboxylic acids is 1. The zero-order valence-electron chi connectivity index (χ0n) is 7.98. The summed E-state index contributed by atoms with van der Waals surface area (Å²) in [5, 5.41) is 8.63. The first kappa shape index (κ1) is 13.1. The molecule has 0 aromatic rings. The lowest BCUT2D eigenvalue weighted by atomic mass is 9.76. The summed E-state index contributed by atoms with van der Waals surface area (Å²) in [7, 11) is 0. The molecule has 1 aliphatic rings. The Bertz CT molecular complexity index is 288. The van der Waals surface area contributed by atoms with E-state index in [1.807, 2.05) is 0 Å². The molecule has 1 N–H and O–H groups in total. The normalized spacial score (nSPS) is 30.1. The van der Waals surface area contributed by atoms with Crippen molar-refractivity contribution in [2.45, 2.75) is 24.9 Å². The Morgan fingerprint density at radius 3 is 2.31 bits per heavy atom. The zero-order valence-corrected chi connectivity index (χ0v) is 7.98. The molecule has 0 spiro atoms. The molecule has 1 rings (SSSR count). The minimum Gasteiger partial charge on any atom is -0.481 e. The van der Waals surface area contributed by atoms with E-state index < -0.39 is 49.5 Å². The highest BCUT2D eigenvalue weighted by Gasteiger charge is 2.65. The maximum atomic E-state index is 13.3. The number of ether oxygens (including phenoxy) is 1. The summed E-state index contributed by atoms with van der Waals surface area (Å²) >= 11 is 0. The van der Waals surface area contributed by atoms with E-state index in [0.717, 1.165) is 0 Å². The maximum Gasteiger partial charge on any atom is 0.390 e. The van der Waals surface area contributed by atoms with Crippen molar-refractivity contribution < 1.29 is 36.6 Å². The van der Waals surface area contributed by atoms with Crippen LogP contribution in [0.5, 0.6) is 0 Å². The van der Waals surface area contributed by atoms with Gasteiger partial charge in [0, 0.05) is 6.42 Å². The van der Waals surface area contributed by atoms with E-state index in [1.165, 1.54) is 0 Å². The van der Waals surface area contributed by atoms with Crippen LogP contribution in [0.4, 0.5) is 22.0 Å². The molecule has 1 atom stereocenters. The highest BCUT2D eigenvalue weighted by molar-refractivity contribution is 5.76. The third-order valence-electron chi connectivity index (χ3n) is 2.52. The third kappa shape index (κ3) is 2.26. The lowest BCUT2D eigenvalue weighted by Gasteiger charge is -2.40. The molecule has 1 aliphatic heterocycles. The molecule has 0 aliphatic carbocycles. The zero-order chi connectivity index (χ0) is 12.6.